The number of aromatic nitrogens is 4. The van der Waals surface area contributed by atoms with Crippen LogP contribution in [0.25, 0.3) is 11.0 Å². The number of furan rings is 1. The highest BCUT2D eigenvalue weighted by Crippen LogP contribution is 2.30. The summed E-state index contributed by atoms with van der Waals surface area (Å²) in [6.45, 7) is 4.00. The fraction of sp³-hybridized carbons (Fsp3) is 0.179. The number of aryl methyl sites for hydroxylation is 2. The molecule has 1 atom stereocenters. The molecule has 1 N–H and O–H groups in total. The van der Waals surface area contributed by atoms with Gasteiger partial charge in [0.05, 0.1) is 18.3 Å². The van der Waals surface area contributed by atoms with Crippen molar-refractivity contribution < 1.29 is 14.0 Å². The second-order valence-corrected chi connectivity index (χ2v) is 8.83. The number of pyridine rings is 1. The van der Waals surface area contributed by atoms with Crippen molar-refractivity contribution in [2.45, 2.75) is 33.0 Å². The molecule has 0 aliphatic heterocycles. The Hall–Kier alpha value is -4.79. The standard InChI is InChI=1S/C28H26N6O3/c1-19-13-20(2)15-22(14-19)34(26(35)18-33-25-10-4-3-9-24(25)31-32-33)27(21-7-5-11-29-16-21)28(36)30-17-23-8-6-12-37-23/h3-16,27H,17-18H2,1-2H3,(H,30,36)/t27-/m0/s1. The third-order valence-corrected chi connectivity index (χ3v) is 5.98. The number of carbonyl (C=O) groups excluding carboxylic acids is 2. The van der Waals surface area contributed by atoms with Gasteiger partial charge in [-0.1, -0.05) is 29.5 Å². The van der Waals surface area contributed by atoms with Gasteiger partial charge in [0.15, 0.2) is 0 Å². The molecule has 0 radical (unpaired) electrons. The summed E-state index contributed by atoms with van der Waals surface area (Å²) in [5.74, 6) is -0.0698. The third-order valence-electron chi connectivity index (χ3n) is 5.98. The molecule has 9 heteroatoms. The van der Waals surface area contributed by atoms with Crippen LogP contribution in [0.3, 0.4) is 0 Å². The van der Waals surface area contributed by atoms with E-state index in [0.717, 1.165) is 16.6 Å². The Morgan fingerprint density at radius 3 is 2.57 bits per heavy atom. The van der Waals surface area contributed by atoms with Crippen molar-refractivity contribution in [2.75, 3.05) is 4.90 Å². The van der Waals surface area contributed by atoms with Crippen LogP contribution in [0.4, 0.5) is 5.69 Å². The summed E-state index contributed by atoms with van der Waals surface area (Å²) in [6.07, 6.45) is 4.78. The first-order chi connectivity index (χ1) is 18.0. The molecule has 0 spiro atoms. The maximum Gasteiger partial charge on any atom is 0.249 e. The normalized spacial score (nSPS) is 11.8. The molecule has 0 unspecified atom stereocenters. The van der Waals surface area contributed by atoms with Gasteiger partial charge in [0, 0.05) is 23.6 Å². The van der Waals surface area contributed by atoms with Crippen LogP contribution >= 0.6 is 0 Å². The van der Waals surface area contributed by atoms with E-state index in [9.17, 15) is 9.59 Å². The first kappa shape index (κ1) is 23.9. The lowest BCUT2D eigenvalue weighted by Crippen LogP contribution is -2.45. The van der Waals surface area contributed by atoms with Crippen LogP contribution in [0.15, 0.2) is 89.8 Å². The zero-order valence-corrected chi connectivity index (χ0v) is 20.5. The molecular formula is C28H26N6O3. The summed E-state index contributed by atoms with van der Waals surface area (Å²) in [5.41, 5.74) is 4.55. The summed E-state index contributed by atoms with van der Waals surface area (Å²) >= 11 is 0. The summed E-state index contributed by atoms with van der Waals surface area (Å²) in [4.78, 5) is 33.5. The van der Waals surface area contributed by atoms with Gasteiger partial charge in [0.25, 0.3) is 0 Å². The van der Waals surface area contributed by atoms with Crippen LogP contribution < -0.4 is 10.2 Å². The molecule has 186 valence electrons. The number of fused-ring (bicyclic) bond motifs is 1. The first-order valence-corrected chi connectivity index (χ1v) is 11.9. The average Bonchev–Trinajstić information content (AvgIpc) is 3.56. The van der Waals surface area contributed by atoms with Gasteiger partial charge in [-0.2, -0.15) is 0 Å². The van der Waals surface area contributed by atoms with Crippen molar-refractivity contribution in [3.63, 3.8) is 0 Å². The Labute approximate surface area is 213 Å². The third kappa shape index (κ3) is 5.25. The average molecular weight is 495 g/mol. The summed E-state index contributed by atoms with van der Waals surface area (Å²) in [6, 6.07) is 19.3. The van der Waals surface area contributed by atoms with E-state index < -0.39 is 6.04 Å². The van der Waals surface area contributed by atoms with E-state index >= 15 is 0 Å². The highest BCUT2D eigenvalue weighted by atomic mass is 16.3. The molecule has 0 saturated heterocycles. The van der Waals surface area contributed by atoms with Crippen molar-refractivity contribution in [3.8, 4) is 0 Å². The van der Waals surface area contributed by atoms with Gasteiger partial charge in [-0.15, -0.1) is 5.10 Å². The van der Waals surface area contributed by atoms with Crippen molar-refractivity contribution >= 4 is 28.5 Å². The number of nitrogens with zero attached hydrogens (tertiary/aromatic N) is 5. The molecule has 0 saturated carbocycles. The Kier molecular flexibility index (Phi) is 6.76. The lowest BCUT2D eigenvalue weighted by molar-refractivity contribution is -0.127. The molecule has 3 heterocycles. The SMILES string of the molecule is Cc1cc(C)cc(N(C(=O)Cn2nnc3ccccc32)[C@H](C(=O)NCc2ccco2)c2cccnc2)c1. The topological polar surface area (TPSA) is 106 Å². The maximum absolute atomic E-state index is 14.0. The molecule has 0 aliphatic rings. The number of rotatable bonds is 8. The fourth-order valence-electron chi connectivity index (χ4n) is 4.40. The minimum absolute atomic E-state index is 0.101. The van der Waals surface area contributed by atoms with E-state index in [2.05, 4.69) is 20.6 Å². The van der Waals surface area contributed by atoms with Gasteiger partial charge in [0.1, 0.15) is 23.9 Å². The molecule has 37 heavy (non-hydrogen) atoms. The number of anilines is 1. The largest absolute Gasteiger partial charge is 0.467 e. The first-order valence-electron chi connectivity index (χ1n) is 11.9. The number of para-hydroxylation sites is 1. The van der Waals surface area contributed by atoms with Crippen LogP contribution in [0.1, 0.15) is 28.5 Å². The Bertz CT molecular complexity index is 1510. The number of hydrogen-bond donors (Lipinski definition) is 1. The quantitative estimate of drug-likeness (QED) is 0.348. The van der Waals surface area contributed by atoms with Crippen molar-refractivity contribution in [1.29, 1.82) is 0 Å². The molecule has 2 amide bonds. The molecule has 0 bridgehead atoms. The lowest BCUT2D eigenvalue weighted by atomic mass is 10.0. The maximum atomic E-state index is 14.0. The van der Waals surface area contributed by atoms with Gasteiger partial charge in [-0.05, 0) is 67.4 Å². The zero-order chi connectivity index (χ0) is 25.8. The van der Waals surface area contributed by atoms with Gasteiger partial charge in [-0.3, -0.25) is 19.5 Å². The monoisotopic (exact) mass is 494 g/mol. The second-order valence-electron chi connectivity index (χ2n) is 8.83. The van der Waals surface area contributed by atoms with E-state index in [1.165, 1.54) is 4.90 Å². The summed E-state index contributed by atoms with van der Waals surface area (Å²) in [7, 11) is 0. The van der Waals surface area contributed by atoms with E-state index in [1.54, 1.807) is 47.6 Å². The predicted octanol–water partition coefficient (Wildman–Crippen LogP) is 4.13. The molecule has 5 rings (SSSR count). The molecule has 9 nitrogen and oxygen atoms in total. The van der Waals surface area contributed by atoms with Crippen molar-refractivity contribution in [3.05, 3.63) is 108 Å². The highest BCUT2D eigenvalue weighted by molar-refractivity contribution is 6.01. The molecule has 5 aromatic rings. The highest BCUT2D eigenvalue weighted by Gasteiger charge is 2.33. The minimum Gasteiger partial charge on any atom is -0.467 e. The van der Waals surface area contributed by atoms with Crippen LogP contribution in [0, 0.1) is 13.8 Å². The molecule has 0 fully saturated rings. The van der Waals surface area contributed by atoms with Crippen LogP contribution in [-0.4, -0.2) is 31.8 Å². The second kappa shape index (κ2) is 10.4. The van der Waals surface area contributed by atoms with Gasteiger partial charge in [-0.25, -0.2) is 4.68 Å². The molecule has 0 aliphatic carbocycles. The minimum atomic E-state index is -0.979. The smallest absolute Gasteiger partial charge is 0.249 e. The van der Waals surface area contributed by atoms with E-state index in [0.29, 0.717) is 22.5 Å². The lowest BCUT2D eigenvalue weighted by Gasteiger charge is -2.31. The number of carbonyl (C=O) groups is 2. The zero-order valence-electron chi connectivity index (χ0n) is 20.5. The predicted molar refractivity (Wildman–Crippen MR) is 138 cm³/mol. The Morgan fingerprint density at radius 2 is 1.84 bits per heavy atom. The number of benzene rings is 2. The number of hydrogen-bond acceptors (Lipinski definition) is 6. The van der Waals surface area contributed by atoms with Crippen LogP contribution in [0.5, 0.6) is 0 Å². The van der Waals surface area contributed by atoms with Gasteiger partial charge < -0.3 is 9.73 Å². The van der Waals surface area contributed by atoms with Gasteiger partial charge in [0.2, 0.25) is 11.8 Å². The fourth-order valence-corrected chi connectivity index (χ4v) is 4.40. The van der Waals surface area contributed by atoms with E-state index in [1.807, 2.05) is 56.3 Å². The van der Waals surface area contributed by atoms with E-state index in [4.69, 9.17) is 4.42 Å². The van der Waals surface area contributed by atoms with E-state index in [-0.39, 0.29) is 24.9 Å². The van der Waals surface area contributed by atoms with Crippen molar-refractivity contribution in [2.24, 2.45) is 0 Å². The molecule has 2 aromatic carbocycles. The van der Waals surface area contributed by atoms with Crippen LogP contribution in [-0.2, 0) is 22.7 Å². The summed E-state index contributed by atoms with van der Waals surface area (Å²) < 4.78 is 6.93. The Morgan fingerprint density at radius 1 is 1.03 bits per heavy atom. The van der Waals surface area contributed by atoms with Gasteiger partial charge >= 0.3 is 0 Å². The molecule has 3 aromatic heterocycles. The number of nitrogens with one attached hydrogen (secondary N) is 1. The van der Waals surface area contributed by atoms with Crippen LogP contribution in [0.2, 0.25) is 0 Å². The Balaban J connectivity index is 1.57. The number of amides is 2. The molecular weight excluding hydrogens is 468 g/mol. The van der Waals surface area contributed by atoms with Crippen molar-refractivity contribution in [1.82, 2.24) is 25.3 Å². The summed E-state index contributed by atoms with van der Waals surface area (Å²) in [5, 5.41) is 11.3.